The van der Waals surface area contributed by atoms with Gasteiger partial charge in [-0.25, -0.2) is 4.79 Å². The number of amides is 3. The van der Waals surface area contributed by atoms with Gasteiger partial charge in [0.1, 0.15) is 58.7 Å². The Balaban J connectivity index is -0.000000259. The van der Waals surface area contributed by atoms with Crippen molar-refractivity contribution in [2.75, 3.05) is 13.2 Å². The third-order valence-corrected chi connectivity index (χ3v) is 17.4. The number of ketones is 5. The molecular formula is C95H173ClN12O20. The molecule has 0 aliphatic carbocycles. The molecule has 3 amide bonds. The number of halogens is 1. The number of aromatic nitrogens is 3. The highest BCUT2D eigenvalue weighted by atomic mass is 35.5. The van der Waals surface area contributed by atoms with E-state index in [9.17, 15) is 67.6 Å². The summed E-state index contributed by atoms with van der Waals surface area (Å²) in [6.07, 6.45) is 7.04. The van der Waals surface area contributed by atoms with Gasteiger partial charge in [0.05, 0.1) is 28.7 Å². The first kappa shape index (κ1) is 133. The highest BCUT2D eigenvalue weighted by Crippen LogP contribution is 2.31. The number of furan rings is 1. The fraction of sp³-hybridized carbons (Fsp3) is 0.737. The van der Waals surface area contributed by atoms with Crippen molar-refractivity contribution in [2.24, 2.45) is 66.6 Å². The molecule has 740 valence electrons. The van der Waals surface area contributed by atoms with Crippen LogP contribution < -0.4 is 44.6 Å². The van der Waals surface area contributed by atoms with Crippen LogP contribution in [0.5, 0.6) is 0 Å². The van der Waals surface area contributed by atoms with Crippen LogP contribution in [0, 0.1) is 61.9 Å². The summed E-state index contributed by atoms with van der Waals surface area (Å²) in [5, 5.41) is 69.4. The molecule has 3 aromatic rings. The minimum absolute atomic E-state index is 0.00138. The number of aliphatic carboxylic acids is 4. The zero-order valence-electron chi connectivity index (χ0n) is 84.9. The lowest BCUT2D eigenvalue weighted by Crippen LogP contribution is -2.43. The van der Waals surface area contributed by atoms with Crippen molar-refractivity contribution in [1.29, 1.82) is 0 Å². The molecule has 7 atom stereocenters. The maximum atomic E-state index is 12.2. The predicted octanol–water partition coefficient (Wildman–Crippen LogP) is 16.0. The summed E-state index contributed by atoms with van der Waals surface area (Å²) in [4.78, 5) is 147. The van der Waals surface area contributed by atoms with E-state index in [1.54, 1.807) is 18.3 Å². The minimum atomic E-state index is -1.17. The van der Waals surface area contributed by atoms with Crippen LogP contribution in [0.4, 0.5) is 5.69 Å². The van der Waals surface area contributed by atoms with Gasteiger partial charge in [-0.15, -0.1) is 5.10 Å². The smallest absolute Gasteiger partial charge is 0.326 e. The van der Waals surface area contributed by atoms with Crippen LogP contribution in [0.1, 0.15) is 360 Å². The molecule has 0 aromatic carbocycles. The van der Waals surface area contributed by atoms with E-state index in [-0.39, 0.29) is 135 Å². The summed E-state index contributed by atoms with van der Waals surface area (Å²) in [6.45, 7) is 71.9. The number of nitrogens with two attached hydrogens (primary N) is 5. The molecule has 0 radical (unpaired) electrons. The normalized spacial score (nSPS) is 13.2. The average molecular weight is 1840 g/mol. The predicted molar refractivity (Wildman–Crippen MR) is 510 cm³/mol. The number of carboxylic acid groups (broad SMARTS) is 4. The van der Waals surface area contributed by atoms with Gasteiger partial charge >= 0.3 is 23.9 Å². The molecule has 0 aliphatic rings. The molecule has 3 rings (SSSR count). The Morgan fingerprint density at radius 2 is 0.844 bits per heavy atom. The molecular weight excluding hydrogens is 1660 g/mol. The van der Waals surface area contributed by atoms with Crippen molar-refractivity contribution < 1.29 is 92.4 Å². The first-order valence-corrected chi connectivity index (χ1v) is 43.9. The number of rotatable bonds is 30. The van der Waals surface area contributed by atoms with E-state index in [0.717, 1.165) is 36.6 Å². The lowest BCUT2D eigenvalue weighted by molar-refractivity contribution is -0.386. The highest BCUT2D eigenvalue weighted by molar-refractivity contribution is 6.29. The lowest BCUT2D eigenvalue weighted by Gasteiger charge is -2.26. The first-order chi connectivity index (χ1) is 57.2. The van der Waals surface area contributed by atoms with Crippen LogP contribution in [0.15, 0.2) is 40.9 Å². The van der Waals surface area contributed by atoms with Gasteiger partial charge in [0.25, 0.3) is 5.69 Å². The van der Waals surface area contributed by atoms with E-state index in [0.29, 0.717) is 66.8 Å². The molecule has 32 nitrogen and oxygen atoms in total. The van der Waals surface area contributed by atoms with Crippen molar-refractivity contribution >= 4 is 87.8 Å². The van der Waals surface area contributed by atoms with Crippen LogP contribution in [0.3, 0.4) is 0 Å². The van der Waals surface area contributed by atoms with Gasteiger partial charge in [0, 0.05) is 75.1 Å². The molecule has 0 saturated heterocycles. The van der Waals surface area contributed by atoms with Gasteiger partial charge < -0.3 is 84.2 Å². The quantitative estimate of drug-likeness (QED) is 0.0218. The van der Waals surface area contributed by atoms with Crippen LogP contribution in [-0.2, 0) is 73.8 Å². The summed E-state index contributed by atoms with van der Waals surface area (Å²) in [7, 11) is 0. The van der Waals surface area contributed by atoms with Crippen LogP contribution in [-0.4, -0.2) is 172 Å². The highest BCUT2D eigenvalue weighted by Gasteiger charge is 2.31. The number of hydrogen-bond donors (Lipinski definition) is 13. The number of nitro groups is 1. The number of carbonyl (C=O) groups is 12. The largest absolute Gasteiger partial charge is 0.480 e. The second-order valence-corrected chi connectivity index (χ2v) is 44.1. The fourth-order valence-corrected chi connectivity index (χ4v) is 10.7. The number of nitrogens with one attached hydrogen (secondary N) is 3. The molecule has 3 aromatic heterocycles. The van der Waals surface area contributed by atoms with Crippen molar-refractivity contribution in [3.8, 4) is 0 Å². The number of aryl methyl sites for hydroxylation is 2. The van der Waals surface area contributed by atoms with Crippen LogP contribution in [0.2, 0.25) is 5.15 Å². The number of aliphatic hydroxyl groups is 1. The third-order valence-electron chi connectivity index (χ3n) is 17.2. The second kappa shape index (κ2) is 62.0. The van der Waals surface area contributed by atoms with Gasteiger partial charge in [-0.1, -0.05) is 219 Å². The van der Waals surface area contributed by atoms with Crippen LogP contribution in [0.25, 0.3) is 0 Å². The fourth-order valence-electron chi connectivity index (χ4n) is 10.6. The average Bonchev–Trinajstić information content (AvgIpc) is 1.45. The number of nitrogens with zero attached hydrogens (tertiary/aromatic N) is 4. The molecule has 128 heavy (non-hydrogen) atoms. The number of carbonyl (C=O) groups excluding carboxylic acids is 8. The van der Waals surface area contributed by atoms with Gasteiger partial charge in [-0.3, -0.25) is 58.2 Å². The Hall–Kier alpha value is -8.40. The summed E-state index contributed by atoms with van der Waals surface area (Å²) in [5.74, 6) is -3.54. The number of Topliss-reactive ketones (excluding diaryl/α,β-unsaturated/α-hetero) is 5. The van der Waals surface area contributed by atoms with E-state index in [1.165, 1.54) is 39.3 Å². The van der Waals surface area contributed by atoms with E-state index >= 15 is 0 Å². The van der Waals surface area contributed by atoms with Gasteiger partial charge in [-0.05, 0) is 172 Å². The third kappa shape index (κ3) is 82.0. The van der Waals surface area contributed by atoms with Crippen molar-refractivity contribution in [3.05, 3.63) is 80.3 Å². The number of carboxylic acids is 4. The zero-order chi connectivity index (χ0) is 103. The lowest BCUT2D eigenvalue weighted by atomic mass is 9.85. The monoisotopic (exact) mass is 1840 g/mol. The molecule has 0 spiro atoms. The van der Waals surface area contributed by atoms with Gasteiger partial charge in [0.2, 0.25) is 17.7 Å². The Morgan fingerprint density at radius 3 is 1.09 bits per heavy atom. The molecule has 0 bridgehead atoms. The minimum Gasteiger partial charge on any atom is -0.480 e. The van der Waals surface area contributed by atoms with E-state index in [2.05, 4.69) is 120 Å². The molecule has 33 heteroatoms. The maximum absolute atomic E-state index is 12.2. The van der Waals surface area contributed by atoms with Crippen molar-refractivity contribution in [3.63, 3.8) is 0 Å². The summed E-state index contributed by atoms with van der Waals surface area (Å²) in [5.41, 5.74) is 30.3. The summed E-state index contributed by atoms with van der Waals surface area (Å²) in [6, 6.07) is 3.54. The van der Waals surface area contributed by atoms with Crippen molar-refractivity contribution in [2.45, 2.75) is 404 Å². The zero-order valence-corrected chi connectivity index (χ0v) is 85.7. The summed E-state index contributed by atoms with van der Waals surface area (Å²) < 4.78 is 5.44. The summed E-state index contributed by atoms with van der Waals surface area (Å²) >= 11 is 5.59. The molecule has 18 N–H and O–H groups in total. The molecule has 3 heterocycles. The molecule has 5 unspecified atom stereocenters. The number of pyridine rings is 1. The Kier molecular flexibility index (Phi) is 64.3. The van der Waals surface area contributed by atoms with E-state index in [1.807, 2.05) is 145 Å². The van der Waals surface area contributed by atoms with Crippen LogP contribution >= 0.6 is 11.6 Å². The molecule has 0 aliphatic heterocycles. The van der Waals surface area contributed by atoms with Gasteiger partial charge in [-0.2, -0.15) is 5.10 Å². The Bertz CT molecular complexity index is 3800. The number of aliphatic hydroxyl groups excluding tert-OH is 1. The maximum Gasteiger partial charge on any atom is 0.326 e. The van der Waals surface area contributed by atoms with E-state index in [4.69, 9.17) is 70.2 Å². The Morgan fingerprint density at radius 1 is 0.461 bits per heavy atom. The standard InChI is InChI=1S/C16H28N2O5.C13H24N2O4.C11H21NO2.C10H16O.C9H12N2O2.C9H17NO3.C8H11ClN2.C7H15NO2.C6H15N.C6H14O/c1-10(19)5-7-13(20)12(9-16(2,3)4)18-14(21)8-6-11(17)15(22)23;1-8(16)10(7-13(2,3)4)15-11(17)6-5-9(14)12(18)19;1-8(13)5-6-10(14)9(12)7-11(2,3)4;1-7-6-9(8(2)11-7)10(3,4)5;1-9(2,3)8-7(11(12)13)5-4-6-10-8;1-6(11)10-7(8(12)13)5-9(2,3)4;1-8(2,3)6-4-5-7(9)11-10-6;1-7(2,3)4-5(8)6(9)10;2*1-6(2,3)4-5-7/h11-12H,5-9,17H2,1-4H3,(H,18,21)(H,22,23);9-10H,5-7,14H2,1-4H3,(H,15,17)(H,18,19);9H,5-7,12H2,1-4H3;6H,1-5H3;4-6H,1-3H3;7H,5H2,1-4H3,(H,10,11)(H,12,13);4-5H,1-3H3;5H,4,8H2,1-3H3,(H,9,10);4-5,7H2,1-3H3;7H,4-5H2,1-3H3/t;;;;;7-;;5-;;/m.....0.0../s1. The topological polar surface area (TPSA) is 567 Å². The Labute approximate surface area is 771 Å². The second-order valence-electron chi connectivity index (χ2n) is 43.7. The SMILES string of the molecule is CC(=O)C(CC(C)(C)C)NC(=O)CCC(N)C(=O)O.CC(=O)CCC(=O)C(CC(C)(C)C)NC(=O)CCC(N)C(=O)O.CC(=O)CCC(=O)C(N)CC(C)(C)C.CC(=O)N[C@@H](CC(C)(C)C)C(=O)O.CC(C)(C)CCN.CC(C)(C)CCO.CC(C)(C)C[C@H](N)C(=O)O.CC(C)(C)c1ccc(Cl)nn1.CC(C)(C)c1ncccc1[N+](=O)[O-].Cc1cc(C(C)(C)C)c(C)o1. The number of hydrogen-bond acceptors (Lipinski definition) is 24. The van der Waals surface area contributed by atoms with Gasteiger partial charge in [0.15, 0.2) is 16.7 Å². The first-order valence-electron chi connectivity index (χ1n) is 43.5. The molecule has 0 fully saturated rings. The van der Waals surface area contributed by atoms with E-state index < -0.39 is 77.0 Å². The van der Waals surface area contributed by atoms with Crippen molar-refractivity contribution in [1.82, 2.24) is 31.1 Å². The molecule has 0 saturated carbocycles.